The van der Waals surface area contributed by atoms with Crippen molar-refractivity contribution >= 4 is 5.91 Å². The van der Waals surface area contributed by atoms with Gasteiger partial charge in [0.15, 0.2) is 0 Å². The Hall–Kier alpha value is -1.45. The second-order valence-corrected chi connectivity index (χ2v) is 4.33. The van der Waals surface area contributed by atoms with Gasteiger partial charge >= 0.3 is 0 Å². The van der Waals surface area contributed by atoms with Crippen LogP contribution in [0.5, 0.6) is 0 Å². The summed E-state index contributed by atoms with van der Waals surface area (Å²) in [6.07, 6.45) is 4.18. The number of alkyl halides is 1. The molecule has 1 aliphatic carbocycles. The van der Waals surface area contributed by atoms with Crippen molar-refractivity contribution < 1.29 is 9.18 Å². The third kappa shape index (κ3) is 2.56. The molecular formula is C12H15FN2O. The van der Waals surface area contributed by atoms with Crippen molar-refractivity contribution in [2.75, 3.05) is 0 Å². The highest BCUT2D eigenvalue weighted by atomic mass is 19.1. The van der Waals surface area contributed by atoms with Crippen LogP contribution in [0.4, 0.5) is 4.39 Å². The minimum absolute atomic E-state index is 0.0250. The van der Waals surface area contributed by atoms with Gasteiger partial charge in [-0.3, -0.25) is 9.78 Å². The predicted molar refractivity (Wildman–Crippen MR) is 59.0 cm³/mol. The number of aryl methyl sites for hydroxylation is 1. The van der Waals surface area contributed by atoms with E-state index in [-0.39, 0.29) is 11.9 Å². The summed E-state index contributed by atoms with van der Waals surface area (Å²) in [7, 11) is 0. The zero-order valence-electron chi connectivity index (χ0n) is 9.24. The van der Waals surface area contributed by atoms with Crippen LogP contribution < -0.4 is 5.32 Å². The monoisotopic (exact) mass is 222 g/mol. The lowest BCUT2D eigenvalue weighted by molar-refractivity contribution is 0.0936. The molecule has 86 valence electrons. The standard InChI is InChI=1S/C12H15FN2O/c1-8-4-9(7-14-6-8)12(16)15-11-3-2-10(13)5-11/h4,6-7,10-11H,2-3,5H2,1H3,(H,15,16)/t10-,11+/m1/s1. The highest BCUT2D eigenvalue weighted by molar-refractivity contribution is 5.94. The van der Waals surface area contributed by atoms with Crippen LogP contribution in [-0.4, -0.2) is 23.1 Å². The number of aromatic nitrogens is 1. The van der Waals surface area contributed by atoms with Gasteiger partial charge in [-0.05, 0) is 37.8 Å². The number of carbonyl (C=O) groups is 1. The molecule has 1 fully saturated rings. The fourth-order valence-electron chi connectivity index (χ4n) is 2.01. The fourth-order valence-corrected chi connectivity index (χ4v) is 2.01. The summed E-state index contributed by atoms with van der Waals surface area (Å²) in [6.45, 7) is 1.89. The van der Waals surface area contributed by atoms with Crippen LogP contribution in [-0.2, 0) is 0 Å². The molecule has 0 bridgehead atoms. The van der Waals surface area contributed by atoms with Gasteiger partial charge in [-0.25, -0.2) is 4.39 Å². The lowest BCUT2D eigenvalue weighted by Gasteiger charge is -2.11. The van der Waals surface area contributed by atoms with E-state index in [0.29, 0.717) is 18.4 Å². The first kappa shape index (κ1) is 11.0. The number of rotatable bonds is 2. The molecule has 0 spiro atoms. The highest BCUT2D eigenvalue weighted by Gasteiger charge is 2.25. The maximum Gasteiger partial charge on any atom is 0.253 e. The lowest BCUT2D eigenvalue weighted by atomic mass is 10.2. The molecule has 1 amide bonds. The fraction of sp³-hybridized carbons (Fsp3) is 0.500. The van der Waals surface area contributed by atoms with Crippen molar-refractivity contribution in [2.45, 2.75) is 38.4 Å². The van der Waals surface area contributed by atoms with E-state index in [1.165, 1.54) is 6.20 Å². The molecule has 1 aromatic heterocycles. The molecule has 0 radical (unpaired) electrons. The second kappa shape index (κ2) is 4.60. The van der Waals surface area contributed by atoms with Crippen molar-refractivity contribution in [1.29, 1.82) is 0 Å². The summed E-state index contributed by atoms with van der Waals surface area (Å²) in [4.78, 5) is 15.7. The Kier molecular flexibility index (Phi) is 3.17. The van der Waals surface area contributed by atoms with Crippen molar-refractivity contribution in [1.82, 2.24) is 10.3 Å². The third-order valence-electron chi connectivity index (χ3n) is 2.84. The molecule has 0 saturated heterocycles. The number of nitrogens with one attached hydrogen (secondary N) is 1. The van der Waals surface area contributed by atoms with Crippen LogP contribution in [0, 0.1) is 6.92 Å². The first-order chi connectivity index (χ1) is 7.65. The zero-order chi connectivity index (χ0) is 11.5. The molecule has 2 rings (SSSR count). The summed E-state index contributed by atoms with van der Waals surface area (Å²) < 4.78 is 12.9. The van der Waals surface area contributed by atoms with E-state index in [9.17, 15) is 9.18 Å². The van der Waals surface area contributed by atoms with E-state index in [2.05, 4.69) is 10.3 Å². The Bertz CT molecular complexity index is 394. The van der Waals surface area contributed by atoms with Gasteiger partial charge in [0.25, 0.3) is 5.91 Å². The van der Waals surface area contributed by atoms with Gasteiger partial charge in [-0.2, -0.15) is 0 Å². The molecule has 1 aliphatic rings. The Morgan fingerprint density at radius 1 is 1.50 bits per heavy atom. The van der Waals surface area contributed by atoms with E-state index in [0.717, 1.165) is 12.0 Å². The molecule has 0 unspecified atom stereocenters. The normalized spacial score (nSPS) is 24.4. The van der Waals surface area contributed by atoms with Crippen LogP contribution in [0.15, 0.2) is 18.5 Å². The Labute approximate surface area is 94.1 Å². The van der Waals surface area contributed by atoms with Gasteiger partial charge in [0.2, 0.25) is 0 Å². The molecular weight excluding hydrogens is 207 g/mol. The minimum Gasteiger partial charge on any atom is -0.349 e. The minimum atomic E-state index is -0.763. The smallest absolute Gasteiger partial charge is 0.253 e. The number of amides is 1. The first-order valence-corrected chi connectivity index (χ1v) is 5.52. The van der Waals surface area contributed by atoms with Crippen LogP contribution in [0.25, 0.3) is 0 Å². The molecule has 1 saturated carbocycles. The predicted octanol–water partition coefficient (Wildman–Crippen LogP) is 2.01. The maximum absolute atomic E-state index is 12.9. The number of nitrogens with zero attached hydrogens (tertiary/aromatic N) is 1. The van der Waals surface area contributed by atoms with Gasteiger partial charge in [-0.1, -0.05) is 0 Å². The second-order valence-electron chi connectivity index (χ2n) is 4.33. The zero-order valence-corrected chi connectivity index (χ0v) is 9.24. The Morgan fingerprint density at radius 3 is 2.94 bits per heavy atom. The molecule has 16 heavy (non-hydrogen) atoms. The van der Waals surface area contributed by atoms with Gasteiger partial charge < -0.3 is 5.32 Å². The summed E-state index contributed by atoms with van der Waals surface area (Å²) >= 11 is 0. The van der Waals surface area contributed by atoms with Gasteiger partial charge in [0.05, 0.1) is 5.56 Å². The number of carbonyl (C=O) groups excluding carboxylic acids is 1. The average Bonchev–Trinajstić information content (AvgIpc) is 2.64. The topological polar surface area (TPSA) is 42.0 Å². The summed E-state index contributed by atoms with van der Waals surface area (Å²) in [5, 5.41) is 2.83. The number of hydrogen-bond donors (Lipinski definition) is 1. The Balaban J connectivity index is 1.98. The quantitative estimate of drug-likeness (QED) is 0.831. The molecule has 1 N–H and O–H groups in total. The van der Waals surface area contributed by atoms with E-state index < -0.39 is 6.17 Å². The molecule has 4 heteroatoms. The van der Waals surface area contributed by atoms with Gasteiger partial charge in [-0.15, -0.1) is 0 Å². The average molecular weight is 222 g/mol. The van der Waals surface area contributed by atoms with Crippen LogP contribution in [0.1, 0.15) is 35.2 Å². The third-order valence-corrected chi connectivity index (χ3v) is 2.84. The van der Waals surface area contributed by atoms with Crippen molar-refractivity contribution in [3.05, 3.63) is 29.6 Å². The maximum atomic E-state index is 12.9. The molecule has 0 aliphatic heterocycles. The molecule has 0 aromatic carbocycles. The summed E-state index contributed by atoms with van der Waals surface area (Å²) in [5.41, 5.74) is 1.49. The van der Waals surface area contributed by atoms with Gasteiger partial charge in [0, 0.05) is 18.4 Å². The largest absolute Gasteiger partial charge is 0.349 e. The lowest BCUT2D eigenvalue weighted by Crippen LogP contribution is -2.33. The van der Waals surface area contributed by atoms with E-state index in [1.807, 2.05) is 6.92 Å². The van der Waals surface area contributed by atoms with E-state index in [1.54, 1.807) is 12.3 Å². The SMILES string of the molecule is Cc1cncc(C(=O)N[C@H]2CC[C@@H](F)C2)c1. The summed E-state index contributed by atoms with van der Waals surface area (Å²) in [6, 6.07) is 1.76. The van der Waals surface area contributed by atoms with Crippen LogP contribution >= 0.6 is 0 Å². The molecule has 2 atom stereocenters. The van der Waals surface area contributed by atoms with Crippen LogP contribution in [0.3, 0.4) is 0 Å². The number of halogens is 1. The summed E-state index contributed by atoms with van der Waals surface area (Å²) in [5.74, 6) is -0.157. The molecule has 1 heterocycles. The van der Waals surface area contributed by atoms with Crippen molar-refractivity contribution in [3.8, 4) is 0 Å². The highest BCUT2D eigenvalue weighted by Crippen LogP contribution is 2.22. The molecule has 1 aromatic rings. The first-order valence-electron chi connectivity index (χ1n) is 5.52. The van der Waals surface area contributed by atoms with Crippen molar-refractivity contribution in [2.24, 2.45) is 0 Å². The Morgan fingerprint density at radius 2 is 2.31 bits per heavy atom. The van der Waals surface area contributed by atoms with E-state index >= 15 is 0 Å². The van der Waals surface area contributed by atoms with Crippen molar-refractivity contribution in [3.63, 3.8) is 0 Å². The van der Waals surface area contributed by atoms with Crippen LogP contribution in [0.2, 0.25) is 0 Å². The van der Waals surface area contributed by atoms with Gasteiger partial charge in [0.1, 0.15) is 6.17 Å². The molecule has 3 nitrogen and oxygen atoms in total. The number of pyridine rings is 1. The number of hydrogen-bond acceptors (Lipinski definition) is 2. The van der Waals surface area contributed by atoms with E-state index in [4.69, 9.17) is 0 Å².